The molecule has 0 saturated heterocycles. The number of pyridine rings is 2. The van der Waals surface area contributed by atoms with Crippen molar-refractivity contribution in [3.8, 4) is 44.6 Å². The number of fused-ring (bicyclic) bond motifs is 3. The molecule has 0 aliphatic heterocycles. The average molecular weight is 535 g/mol. The SMILES string of the molecule is c1ccc(-c2c3ccccc3c(-c3ccc4ccccc4c3)c3cc(-c4ccc(-c5ccncc5)cn4)ccc23)cc1. The summed E-state index contributed by atoms with van der Waals surface area (Å²) in [6.07, 6.45) is 5.58. The Bertz CT molecular complexity index is 2220. The van der Waals surface area contributed by atoms with Gasteiger partial charge in [-0.1, -0.05) is 109 Å². The molecule has 2 heteroatoms. The molecule has 0 fully saturated rings. The third-order valence-electron chi connectivity index (χ3n) is 8.20. The number of nitrogens with zero attached hydrogens (tertiary/aromatic N) is 2. The Labute approximate surface area is 244 Å². The van der Waals surface area contributed by atoms with Crippen LogP contribution in [0, 0.1) is 0 Å². The first-order valence-electron chi connectivity index (χ1n) is 14.2. The van der Waals surface area contributed by atoms with Gasteiger partial charge in [-0.2, -0.15) is 0 Å². The second kappa shape index (κ2) is 10.1. The first-order valence-corrected chi connectivity index (χ1v) is 14.2. The predicted octanol–water partition coefficient (Wildman–Crippen LogP) is 10.6. The minimum atomic E-state index is 0.952. The summed E-state index contributed by atoms with van der Waals surface area (Å²) in [6, 6.07) is 50.1. The zero-order valence-corrected chi connectivity index (χ0v) is 22.9. The van der Waals surface area contributed by atoms with Crippen molar-refractivity contribution in [1.82, 2.24) is 9.97 Å². The third kappa shape index (κ3) is 4.13. The Morgan fingerprint density at radius 3 is 1.76 bits per heavy atom. The van der Waals surface area contributed by atoms with E-state index in [-0.39, 0.29) is 0 Å². The highest BCUT2D eigenvalue weighted by atomic mass is 14.7. The Balaban J connectivity index is 1.41. The molecule has 0 aliphatic rings. The molecule has 0 saturated carbocycles. The van der Waals surface area contributed by atoms with Gasteiger partial charge >= 0.3 is 0 Å². The fourth-order valence-corrected chi connectivity index (χ4v) is 6.19. The van der Waals surface area contributed by atoms with Gasteiger partial charge in [-0.15, -0.1) is 0 Å². The zero-order valence-electron chi connectivity index (χ0n) is 22.9. The van der Waals surface area contributed by atoms with Crippen molar-refractivity contribution >= 4 is 32.3 Å². The van der Waals surface area contributed by atoms with Gasteiger partial charge in [-0.3, -0.25) is 9.97 Å². The standard InChI is InChI=1S/C40H26N2/c1-2-9-29(10-3-1)39-34-12-6-7-13-35(34)40(32-15-14-27-8-4-5-11-30(27)24-32)37-25-31(16-18-36(37)39)38-19-17-33(26-42-38)28-20-22-41-23-21-28/h1-26H. The van der Waals surface area contributed by atoms with Gasteiger partial charge in [0.1, 0.15) is 0 Å². The molecule has 2 aromatic heterocycles. The van der Waals surface area contributed by atoms with Crippen LogP contribution in [0.4, 0.5) is 0 Å². The number of benzene rings is 6. The molecule has 6 aromatic carbocycles. The molecule has 196 valence electrons. The van der Waals surface area contributed by atoms with Crippen LogP contribution < -0.4 is 0 Å². The lowest BCUT2D eigenvalue weighted by atomic mass is 9.85. The van der Waals surface area contributed by atoms with Crippen LogP contribution in [0.25, 0.3) is 77.0 Å². The van der Waals surface area contributed by atoms with Crippen molar-refractivity contribution in [1.29, 1.82) is 0 Å². The molecule has 2 heterocycles. The van der Waals surface area contributed by atoms with Gasteiger partial charge in [0.2, 0.25) is 0 Å². The minimum absolute atomic E-state index is 0.952. The van der Waals surface area contributed by atoms with Gasteiger partial charge in [-0.05, 0) is 90.5 Å². The lowest BCUT2D eigenvalue weighted by Crippen LogP contribution is -1.92. The topological polar surface area (TPSA) is 25.8 Å². The summed E-state index contributed by atoms with van der Waals surface area (Å²) in [4.78, 5) is 9.04. The van der Waals surface area contributed by atoms with E-state index in [0.717, 1.165) is 22.4 Å². The van der Waals surface area contributed by atoms with Gasteiger partial charge in [0, 0.05) is 29.7 Å². The highest BCUT2D eigenvalue weighted by Crippen LogP contribution is 2.45. The fourth-order valence-electron chi connectivity index (χ4n) is 6.19. The lowest BCUT2D eigenvalue weighted by molar-refractivity contribution is 1.30. The summed E-state index contributed by atoms with van der Waals surface area (Å²) in [5.41, 5.74) is 9.19. The molecule has 0 radical (unpaired) electrons. The van der Waals surface area contributed by atoms with Crippen LogP contribution in [0.15, 0.2) is 158 Å². The van der Waals surface area contributed by atoms with Crippen LogP contribution in [-0.2, 0) is 0 Å². The third-order valence-corrected chi connectivity index (χ3v) is 8.20. The molecule has 0 N–H and O–H groups in total. The van der Waals surface area contributed by atoms with Crippen LogP contribution in [0.1, 0.15) is 0 Å². The van der Waals surface area contributed by atoms with E-state index in [4.69, 9.17) is 4.98 Å². The predicted molar refractivity (Wildman–Crippen MR) is 176 cm³/mol. The van der Waals surface area contributed by atoms with E-state index in [1.165, 1.54) is 54.6 Å². The highest BCUT2D eigenvalue weighted by Gasteiger charge is 2.18. The molecule has 0 spiro atoms. The molecular weight excluding hydrogens is 508 g/mol. The highest BCUT2D eigenvalue weighted by molar-refractivity contribution is 6.22. The molecule has 0 aliphatic carbocycles. The van der Waals surface area contributed by atoms with Crippen molar-refractivity contribution < 1.29 is 0 Å². The maximum atomic E-state index is 4.90. The van der Waals surface area contributed by atoms with E-state index >= 15 is 0 Å². The maximum Gasteiger partial charge on any atom is 0.0702 e. The summed E-state index contributed by atoms with van der Waals surface area (Å²) in [5, 5.41) is 7.45. The second-order valence-electron chi connectivity index (χ2n) is 10.7. The summed E-state index contributed by atoms with van der Waals surface area (Å²) >= 11 is 0. The van der Waals surface area contributed by atoms with Crippen LogP contribution in [0.5, 0.6) is 0 Å². The first kappa shape index (κ1) is 24.2. The molecule has 8 rings (SSSR count). The van der Waals surface area contributed by atoms with Gasteiger partial charge in [0.25, 0.3) is 0 Å². The van der Waals surface area contributed by atoms with E-state index in [2.05, 4.69) is 132 Å². The minimum Gasteiger partial charge on any atom is -0.265 e. The maximum absolute atomic E-state index is 4.90. The molecule has 0 unspecified atom stereocenters. The molecule has 2 nitrogen and oxygen atoms in total. The second-order valence-corrected chi connectivity index (χ2v) is 10.7. The van der Waals surface area contributed by atoms with E-state index < -0.39 is 0 Å². The smallest absolute Gasteiger partial charge is 0.0702 e. The van der Waals surface area contributed by atoms with Crippen molar-refractivity contribution in [2.75, 3.05) is 0 Å². The molecule has 0 bridgehead atoms. The van der Waals surface area contributed by atoms with E-state index in [1.807, 2.05) is 30.7 Å². The summed E-state index contributed by atoms with van der Waals surface area (Å²) < 4.78 is 0. The molecule has 0 amide bonds. The fraction of sp³-hybridized carbons (Fsp3) is 0. The zero-order chi connectivity index (χ0) is 27.9. The number of rotatable bonds is 4. The van der Waals surface area contributed by atoms with E-state index in [9.17, 15) is 0 Å². The van der Waals surface area contributed by atoms with Gasteiger partial charge < -0.3 is 0 Å². The first-order chi connectivity index (χ1) is 20.8. The van der Waals surface area contributed by atoms with Gasteiger partial charge in [0.05, 0.1) is 5.69 Å². The van der Waals surface area contributed by atoms with Crippen molar-refractivity contribution in [3.05, 3.63) is 158 Å². The summed E-state index contributed by atoms with van der Waals surface area (Å²) in [7, 11) is 0. The van der Waals surface area contributed by atoms with Gasteiger partial charge in [-0.25, -0.2) is 0 Å². The van der Waals surface area contributed by atoms with E-state index in [0.29, 0.717) is 0 Å². The molecule has 0 atom stereocenters. The number of aromatic nitrogens is 2. The van der Waals surface area contributed by atoms with E-state index in [1.54, 1.807) is 0 Å². The largest absolute Gasteiger partial charge is 0.265 e. The monoisotopic (exact) mass is 534 g/mol. The number of hydrogen-bond donors (Lipinski definition) is 0. The van der Waals surface area contributed by atoms with Crippen LogP contribution in [-0.4, -0.2) is 9.97 Å². The Morgan fingerprint density at radius 1 is 0.357 bits per heavy atom. The lowest BCUT2D eigenvalue weighted by Gasteiger charge is -2.19. The Morgan fingerprint density at radius 2 is 1.00 bits per heavy atom. The summed E-state index contributed by atoms with van der Waals surface area (Å²) in [5.74, 6) is 0. The normalized spacial score (nSPS) is 11.3. The quantitative estimate of drug-likeness (QED) is 0.210. The van der Waals surface area contributed by atoms with Crippen molar-refractivity contribution in [2.45, 2.75) is 0 Å². The Hall–Kier alpha value is -5.60. The van der Waals surface area contributed by atoms with Crippen molar-refractivity contribution in [2.24, 2.45) is 0 Å². The van der Waals surface area contributed by atoms with Crippen LogP contribution in [0.2, 0.25) is 0 Å². The Kier molecular flexibility index (Phi) is 5.82. The van der Waals surface area contributed by atoms with Crippen LogP contribution >= 0.6 is 0 Å². The number of hydrogen-bond acceptors (Lipinski definition) is 2. The van der Waals surface area contributed by atoms with Gasteiger partial charge in [0.15, 0.2) is 0 Å². The van der Waals surface area contributed by atoms with Crippen molar-refractivity contribution in [3.63, 3.8) is 0 Å². The van der Waals surface area contributed by atoms with Crippen LogP contribution in [0.3, 0.4) is 0 Å². The molecular formula is C40H26N2. The molecule has 42 heavy (non-hydrogen) atoms. The molecule has 8 aromatic rings. The summed E-state index contributed by atoms with van der Waals surface area (Å²) in [6.45, 7) is 0. The average Bonchev–Trinajstić information content (AvgIpc) is 3.07.